The van der Waals surface area contributed by atoms with Crippen molar-refractivity contribution in [2.45, 2.75) is 24.9 Å². The Labute approximate surface area is 164 Å². The molecule has 0 spiro atoms. The lowest BCUT2D eigenvalue weighted by molar-refractivity contribution is -0.0458. The molecule has 4 N–H and O–H groups in total. The van der Waals surface area contributed by atoms with Crippen LogP contribution in [-0.2, 0) is 4.74 Å². The first-order chi connectivity index (χ1) is 14.0. The summed E-state index contributed by atoms with van der Waals surface area (Å²) in [6, 6.07) is 9.89. The average Bonchev–Trinajstić information content (AvgIpc) is 3.08. The van der Waals surface area contributed by atoms with Gasteiger partial charge in [-0.2, -0.15) is 4.98 Å². The molecule has 150 valence electrons. The van der Waals surface area contributed by atoms with Crippen molar-refractivity contribution >= 4 is 28.4 Å². The number of benzene rings is 1. The first-order valence-corrected chi connectivity index (χ1v) is 9.00. The number of ether oxygens (including phenoxy) is 1. The molecule has 1 aromatic carbocycles. The molecule has 10 nitrogen and oxygen atoms in total. The van der Waals surface area contributed by atoms with Crippen LogP contribution in [-0.4, -0.2) is 49.6 Å². The smallest absolute Gasteiger partial charge is 0.351 e. The van der Waals surface area contributed by atoms with Crippen molar-refractivity contribution in [3.8, 4) is 0 Å². The highest BCUT2D eigenvalue weighted by Gasteiger charge is 2.34. The summed E-state index contributed by atoms with van der Waals surface area (Å²) < 4.78 is 6.65. The third-order valence-electron chi connectivity index (χ3n) is 4.63. The molecular formula is C19H19N5O5. The lowest BCUT2D eigenvalue weighted by atomic mass is 10.2. The van der Waals surface area contributed by atoms with E-state index in [1.54, 1.807) is 30.5 Å². The Morgan fingerprint density at radius 2 is 2.14 bits per heavy atom. The number of hydrogen-bond acceptors (Lipinski definition) is 7. The molecule has 3 atom stereocenters. The number of nitrogens with one attached hydrogen (secondary N) is 2. The van der Waals surface area contributed by atoms with E-state index in [-0.39, 0.29) is 18.8 Å². The number of carbonyl (C=O) groups excluding carboxylic acids is 1. The molecule has 4 rings (SSSR count). The van der Waals surface area contributed by atoms with E-state index in [9.17, 15) is 14.7 Å². The third kappa shape index (κ3) is 4.09. The number of pyridine rings is 1. The van der Waals surface area contributed by atoms with E-state index in [4.69, 9.17) is 9.84 Å². The van der Waals surface area contributed by atoms with Crippen LogP contribution in [0.1, 0.15) is 12.6 Å². The predicted octanol–water partition coefficient (Wildman–Crippen LogP) is 1.08. The summed E-state index contributed by atoms with van der Waals surface area (Å²) >= 11 is 0. The van der Waals surface area contributed by atoms with Crippen molar-refractivity contribution in [3.63, 3.8) is 0 Å². The molecule has 0 saturated carbocycles. The average molecular weight is 397 g/mol. The number of nitrogens with zero attached hydrogens (tertiary/aromatic N) is 3. The fourth-order valence-corrected chi connectivity index (χ4v) is 3.18. The van der Waals surface area contributed by atoms with E-state index in [2.05, 4.69) is 20.6 Å². The maximum atomic E-state index is 12.3. The number of hydrogen-bond donors (Lipinski definition) is 4. The summed E-state index contributed by atoms with van der Waals surface area (Å²) in [5.74, 6) is 0.0726. The molecule has 0 aliphatic carbocycles. The number of carbonyl (C=O) groups is 1. The number of aliphatic hydroxyl groups is 2. The fourth-order valence-electron chi connectivity index (χ4n) is 3.18. The van der Waals surface area contributed by atoms with Gasteiger partial charge in [0.2, 0.25) is 0 Å². The Hall–Kier alpha value is -3.34. The minimum absolute atomic E-state index is 0.0726. The van der Waals surface area contributed by atoms with Crippen molar-refractivity contribution in [2.24, 2.45) is 0 Å². The van der Waals surface area contributed by atoms with E-state index in [0.717, 1.165) is 10.9 Å². The van der Waals surface area contributed by atoms with Crippen LogP contribution in [0.15, 0.2) is 53.6 Å². The van der Waals surface area contributed by atoms with Gasteiger partial charge >= 0.3 is 11.7 Å². The molecule has 1 aliphatic heterocycles. The molecule has 2 amide bonds. The Balaban J connectivity index is 1.43. The first-order valence-electron chi connectivity index (χ1n) is 9.00. The van der Waals surface area contributed by atoms with Gasteiger partial charge in [-0.3, -0.25) is 14.9 Å². The molecule has 29 heavy (non-hydrogen) atoms. The Kier molecular flexibility index (Phi) is 5.21. The molecule has 2 aromatic heterocycles. The second-order valence-electron chi connectivity index (χ2n) is 6.61. The minimum atomic E-state index is -0.863. The summed E-state index contributed by atoms with van der Waals surface area (Å²) in [6.45, 7) is -0.343. The van der Waals surface area contributed by atoms with Crippen molar-refractivity contribution in [2.75, 3.05) is 17.2 Å². The van der Waals surface area contributed by atoms with Crippen LogP contribution in [0.4, 0.5) is 16.3 Å². The van der Waals surface area contributed by atoms with Crippen molar-refractivity contribution in [1.29, 1.82) is 0 Å². The van der Waals surface area contributed by atoms with Gasteiger partial charge in [0.25, 0.3) is 0 Å². The fraction of sp³-hybridized carbons (Fsp3) is 0.263. The van der Waals surface area contributed by atoms with Gasteiger partial charge < -0.3 is 20.3 Å². The summed E-state index contributed by atoms with van der Waals surface area (Å²) in [4.78, 5) is 32.5. The van der Waals surface area contributed by atoms with Gasteiger partial charge in [-0.25, -0.2) is 9.59 Å². The van der Waals surface area contributed by atoms with E-state index in [1.165, 1.54) is 16.8 Å². The van der Waals surface area contributed by atoms with Gasteiger partial charge in [0, 0.05) is 29.9 Å². The van der Waals surface area contributed by atoms with E-state index in [1.807, 2.05) is 6.07 Å². The number of aliphatic hydroxyl groups excluding tert-OH is 2. The van der Waals surface area contributed by atoms with Gasteiger partial charge in [-0.05, 0) is 30.3 Å². The maximum absolute atomic E-state index is 12.3. The molecule has 1 fully saturated rings. The summed E-state index contributed by atoms with van der Waals surface area (Å²) in [5, 5.41) is 25.0. The number of aromatic nitrogens is 3. The number of amides is 2. The molecule has 10 heteroatoms. The largest absolute Gasteiger partial charge is 0.394 e. The summed E-state index contributed by atoms with van der Waals surface area (Å²) in [5.41, 5.74) is 0.738. The van der Waals surface area contributed by atoms with Gasteiger partial charge in [0.1, 0.15) is 18.1 Å². The van der Waals surface area contributed by atoms with E-state index in [0.29, 0.717) is 5.69 Å². The topological polar surface area (TPSA) is 139 Å². The molecule has 1 aliphatic rings. The van der Waals surface area contributed by atoms with Gasteiger partial charge in [0.15, 0.2) is 0 Å². The zero-order valence-electron chi connectivity index (χ0n) is 15.2. The molecule has 0 unspecified atom stereocenters. The molecule has 0 bridgehead atoms. The highest BCUT2D eigenvalue weighted by atomic mass is 16.5. The van der Waals surface area contributed by atoms with Gasteiger partial charge in [-0.1, -0.05) is 6.07 Å². The maximum Gasteiger partial charge on any atom is 0.351 e. The van der Waals surface area contributed by atoms with Crippen molar-refractivity contribution in [3.05, 3.63) is 59.3 Å². The molecule has 3 aromatic rings. The number of urea groups is 1. The van der Waals surface area contributed by atoms with Crippen LogP contribution in [0.3, 0.4) is 0 Å². The molecule has 0 radical (unpaired) electrons. The van der Waals surface area contributed by atoms with E-state index < -0.39 is 30.2 Å². The number of anilines is 2. The third-order valence-corrected chi connectivity index (χ3v) is 4.63. The van der Waals surface area contributed by atoms with Crippen molar-refractivity contribution < 1.29 is 19.7 Å². The minimum Gasteiger partial charge on any atom is -0.394 e. The standard InChI is InChI=1S/C19H19N5O5/c25-10-15-14(26)9-17(29-15)24-7-5-16(23-19(24)28)22-18(27)21-12-3-4-13-11(8-12)2-1-6-20-13/h1-8,14-15,17,25-26H,9-10H2,(H2,21,22,23,27,28)/t14-,15+,17+/m0/s1. The van der Waals surface area contributed by atoms with Crippen molar-refractivity contribution in [1.82, 2.24) is 14.5 Å². The monoisotopic (exact) mass is 397 g/mol. The number of fused-ring (bicyclic) bond motifs is 1. The molecule has 3 heterocycles. The van der Waals surface area contributed by atoms with Crippen LogP contribution in [0.25, 0.3) is 10.9 Å². The summed E-state index contributed by atoms with van der Waals surface area (Å²) in [6.07, 6.45) is 0.944. The lowest BCUT2D eigenvalue weighted by Crippen LogP contribution is -2.29. The van der Waals surface area contributed by atoms with Crippen LogP contribution in [0.2, 0.25) is 0 Å². The normalized spacial score (nSPS) is 21.2. The molecule has 1 saturated heterocycles. The van der Waals surface area contributed by atoms with Gasteiger partial charge in [0.05, 0.1) is 18.2 Å². The molecular weight excluding hydrogens is 378 g/mol. The number of rotatable bonds is 4. The zero-order valence-corrected chi connectivity index (χ0v) is 15.2. The second-order valence-corrected chi connectivity index (χ2v) is 6.61. The zero-order chi connectivity index (χ0) is 20.4. The lowest BCUT2D eigenvalue weighted by Gasteiger charge is -2.14. The van der Waals surface area contributed by atoms with Gasteiger partial charge in [-0.15, -0.1) is 0 Å². The van der Waals surface area contributed by atoms with Crippen LogP contribution in [0, 0.1) is 0 Å². The van der Waals surface area contributed by atoms with E-state index >= 15 is 0 Å². The van der Waals surface area contributed by atoms with Crippen LogP contribution >= 0.6 is 0 Å². The SMILES string of the molecule is O=C(Nc1ccc2ncccc2c1)Nc1ccn([C@H]2C[C@H](O)[C@@H](CO)O2)c(=O)n1. The highest BCUT2D eigenvalue weighted by Crippen LogP contribution is 2.27. The van der Waals surface area contributed by atoms with Crippen LogP contribution in [0.5, 0.6) is 0 Å². The Morgan fingerprint density at radius 1 is 1.28 bits per heavy atom. The quantitative estimate of drug-likeness (QED) is 0.517. The predicted molar refractivity (Wildman–Crippen MR) is 105 cm³/mol. The summed E-state index contributed by atoms with van der Waals surface area (Å²) in [7, 11) is 0. The second kappa shape index (κ2) is 7.95. The van der Waals surface area contributed by atoms with Crippen LogP contribution < -0.4 is 16.3 Å². The Morgan fingerprint density at radius 3 is 2.90 bits per heavy atom. The first kappa shape index (κ1) is 19.0. The Bertz CT molecular complexity index is 1100. The highest BCUT2D eigenvalue weighted by molar-refractivity contribution is 6.00.